The molecule has 4 rings (SSSR count). The Morgan fingerprint density at radius 2 is 1.74 bits per heavy atom. The molecule has 0 spiro atoms. The summed E-state index contributed by atoms with van der Waals surface area (Å²) < 4.78 is 0. The van der Waals surface area contributed by atoms with Crippen LogP contribution in [0.2, 0.25) is 0 Å². The molecule has 0 saturated heterocycles. The molecule has 0 aliphatic carbocycles. The number of nitrogen functional groups attached to an aromatic ring is 1. The Labute approximate surface area is 181 Å². The minimum atomic E-state index is -0.133. The normalized spacial score (nSPS) is 12.6. The SMILES string of the molecule is Nc1ccc(NC(=O)CCc2cccc(NC(=O)c3ccc4c(c3)CNCC4)c2)cc1. The predicted octanol–water partition coefficient (Wildman–Crippen LogP) is 3.74. The van der Waals surface area contributed by atoms with Crippen molar-refractivity contribution in [2.45, 2.75) is 25.8 Å². The lowest BCUT2D eigenvalue weighted by molar-refractivity contribution is -0.116. The third-order valence-corrected chi connectivity index (χ3v) is 5.38. The van der Waals surface area contributed by atoms with E-state index in [1.807, 2.05) is 42.5 Å². The lowest BCUT2D eigenvalue weighted by Crippen LogP contribution is -2.24. The number of anilines is 3. The van der Waals surface area contributed by atoms with Crippen LogP contribution in [0.3, 0.4) is 0 Å². The minimum Gasteiger partial charge on any atom is -0.399 e. The van der Waals surface area contributed by atoms with Crippen LogP contribution in [-0.4, -0.2) is 18.4 Å². The highest BCUT2D eigenvalue weighted by Gasteiger charge is 2.13. The van der Waals surface area contributed by atoms with Crippen molar-refractivity contribution in [3.05, 3.63) is 89.0 Å². The second-order valence-corrected chi connectivity index (χ2v) is 7.73. The molecule has 0 bridgehead atoms. The molecule has 0 atom stereocenters. The number of aryl methyl sites for hydroxylation is 1. The Balaban J connectivity index is 1.34. The Hall–Kier alpha value is -3.64. The fraction of sp³-hybridized carbons (Fsp3) is 0.200. The molecule has 6 nitrogen and oxygen atoms in total. The number of fused-ring (bicyclic) bond motifs is 1. The zero-order chi connectivity index (χ0) is 21.6. The zero-order valence-corrected chi connectivity index (χ0v) is 17.3. The van der Waals surface area contributed by atoms with Gasteiger partial charge < -0.3 is 21.7 Å². The third kappa shape index (κ3) is 5.49. The third-order valence-electron chi connectivity index (χ3n) is 5.38. The van der Waals surface area contributed by atoms with Crippen LogP contribution in [0.15, 0.2) is 66.7 Å². The predicted molar refractivity (Wildman–Crippen MR) is 124 cm³/mol. The maximum Gasteiger partial charge on any atom is 0.255 e. The number of amides is 2. The van der Waals surface area contributed by atoms with Crippen LogP contribution in [0.4, 0.5) is 17.1 Å². The number of hydrogen-bond donors (Lipinski definition) is 4. The van der Waals surface area contributed by atoms with Crippen molar-refractivity contribution < 1.29 is 9.59 Å². The summed E-state index contributed by atoms with van der Waals surface area (Å²) in [7, 11) is 0. The lowest BCUT2D eigenvalue weighted by atomic mass is 9.98. The molecule has 3 aromatic carbocycles. The van der Waals surface area contributed by atoms with Crippen molar-refractivity contribution in [1.82, 2.24) is 5.32 Å². The van der Waals surface area contributed by atoms with E-state index in [1.54, 1.807) is 24.3 Å². The van der Waals surface area contributed by atoms with Gasteiger partial charge >= 0.3 is 0 Å². The molecule has 0 saturated carbocycles. The molecule has 1 aliphatic rings. The summed E-state index contributed by atoms with van der Waals surface area (Å²) >= 11 is 0. The van der Waals surface area contributed by atoms with E-state index in [0.717, 1.165) is 36.4 Å². The molecular formula is C25H26N4O2. The first kappa shape index (κ1) is 20.6. The quantitative estimate of drug-likeness (QED) is 0.462. The minimum absolute atomic E-state index is 0.0677. The number of nitrogens with one attached hydrogen (secondary N) is 3. The molecule has 6 heteroatoms. The number of carbonyl (C=O) groups is 2. The van der Waals surface area contributed by atoms with E-state index in [1.165, 1.54) is 11.1 Å². The van der Waals surface area contributed by atoms with Crippen molar-refractivity contribution in [3.8, 4) is 0 Å². The molecule has 3 aromatic rings. The summed E-state index contributed by atoms with van der Waals surface area (Å²) in [5.41, 5.74) is 11.9. The molecule has 158 valence electrons. The summed E-state index contributed by atoms with van der Waals surface area (Å²) in [6, 6.07) is 20.6. The van der Waals surface area contributed by atoms with E-state index in [0.29, 0.717) is 24.1 Å². The Bertz CT molecular complexity index is 1090. The first-order valence-electron chi connectivity index (χ1n) is 10.4. The average molecular weight is 415 g/mol. The Morgan fingerprint density at radius 3 is 2.58 bits per heavy atom. The Morgan fingerprint density at radius 1 is 0.903 bits per heavy atom. The largest absolute Gasteiger partial charge is 0.399 e. The Kier molecular flexibility index (Phi) is 6.29. The molecule has 2 amide bonds. The van der Waals surface area contributed by atoms with Crippen LogP contribution < -0.4 is 21.7 Å². The summed E-state index contributed by atoms with van der Waals surface area (Å²) in [6.45, 7) is 1.77. The van der Waals surface area contributed by atoms with Crippen LogP contribution in [0.1, 0.15) is 33.5 Å². The van der Waals surface area contributed by atoms with Gasteiger partial charge in [-0.05, 0) is 84.6 Å². The van der Waals surface area contributed by atoms with E-state index < -0.39 is 0 Å². The molecule has 0 aromatic heterocycles. The van der Waals surface area contributed by atoms with Crippen LogP contribution in [0, 0.1) is 0 Å². The lowest BCUT2D eigenvalue weighted by Gasteiger charge is -2.17. The van der Waals surface area contributed by atoms with Gasteiger partial charge in [-0.25, -0.2) is 0 Å². The summed E-state index contributed by atoms with van der Waals surface area (Å²) in [5, 5.41) is 9.16. The van der Waals surface area contributed by atoms with E-state index in [2.05, 4.69) is 16.0 Å². The highest BCUT2D eigenvalue weighted by Crippen LogP contribution is 2.18. The molecule has 0 unspecified atom stereocenters. The standard InChI is InChI=1S/C25H26N4O2/c26-21-7-9-22(10-8-21)28-24(30)11-4-17-2-1-3-23(14-17)29-25(31)19-6-5-18-12-13-27-16-20(18)15-19/h1-3,5-10,14-15,27H,4,11-13,16,26H2,(H,28,30)(H,29,31). The molecular weight excluding hydrogens is 388 g/mol. The van der Waals surface area contributed by atoms with Gasteiger partial charge in [0, 0.05) is 35.6 Å². The van der Waals surface area contributed by atoms with Crippen LogP contribution in [0.25, 0.3) is 0 Å². The van der Waals surface area contributed by atoms with E-state index >= 15 is 0 Å². The summed E-state index contributed by atoms with van der Waals surface area (Å²) in [5.74, 6) is -0.200. The van der Waals surface area contributed by atoms with Gasteiger partial charge in [-0.15, -0.1) is 0 Å². The van der Waals surface area contributed by atoms with Crippen molar-refractivity contribution in [2.24, 2.45) is 0 Å². The maximum absolute atomic E-state index is 12.7. The highest BCUT2D eigenvalue weighted by atomic mass is 16.2. The number of hydrogen-bond acceptors (Lipinski definition) is 4. The number of nitrogens with two attached hydrogens (primary N) is 1. The van der Waals surface area contributed by atoms with Crippen LogP contribution >= 0.6 is 0 Å². The van der Waals surface area contributed by atoms with Gasteiger partial charge in [0.25, 0.3) is 5.91 Å². The van der Waals surface area contributed by atoms with Gasteiger partial charge in [0.1, 0.15) is 0 Å². The smallest absolute Gasteiger partial charge is 0.255 e. The van der Waals surface area contributed by atoms with Gasteiger partial charge in [-0.1, -0.05) is 18.2 Å². The topological polar surface area (TPSA) is 96.2 Å². The maximum atomic E-state index is 12.7. The molecule has 5 N–H and O–H groups in total. The summed E-state index contributed by atoms with van der Waals surface area (Å²) in [6.07, 6.45) is 1.92. The number of carbonyl (C=O) groups excluding carboxylic acids is 2. The van der Waals surface area contributed by atoms with Crippen LogP contribution in [0.5, 0.6) is 0 Å². The molecule has 0 fully saturated rings. The van der Waals surface area contributed by atoms with E-state index in [-0.39, 0.29) is 11.8 Å². The van der Waals surface area contributed by atoms with Crippen molar-refractivity contribution >= 4 is 28.9 Å². The second-order valence-electron chi connectivity index (χ2n) is 7.73. The van der Waals surface area contributed by atoms with Crippen LogP contribution in [-0.2, 0) is 24.2 Å². The van der Waals surface area contributed by atoms with E-state index in [4.69, 9.17) is 5.73 Å². The van der Waals surface area contributed by atoms with Gasteiger partial charge in [0.15, 0.2) is 0 Å². The molecule has 1 heterocycles. The van der Waals surface area contributed by atoms with E-state index in [9.17, 15) is 9.59 Å². The highest BCUT2D eigenvalue weighted by molar-refractivity contribution is 6.04. The monoisotopic (exact) mass is 414 g/mol. The summed E-state index contributed by atoms with van der Waals surface area (Å²) in [4.78, 5) is 24.9. The van der Waals surface area contributed by atoms with Gasteiger partial charge in [-0.2, -0.15) is 0 Å². The van der Waals surface area contributed by atoms with Gasteiger partial charge in [0.05, 0.1) is 0 Å². The molecule has 1 aliphatic heterocycles. The fourth-order valence-electron chi connectivity index (χ4n) is 3.68. The fourth-order valence-corrected chi connectivity index (χ4v) is 3.68. The average Bonchev–Trinajstić information content (AvgIpc) is 2.79. The second kappa shape index (κ2) is 9.45. The van der Waals surface area contributed by atoms with Crippen molar-refractivity contribution in [1.29, 1.82) is 0 Å². The zero-order valence-electron chi connectivity index (χ0n) is 17.3. The number of benzene rings is 3. The van der Waals surface area contributed by atoms with Gasteiger partial charge in [-0.3, -0.25) is 9.59 Å². The number of rotatable bonds is 6. The van der Waals surface area contributed by atoms with Crippen molar-refractivity contribution in [2.75, 3.05) is 22.9 Å². The molecule has 31 heavy (non-hydrogen) atoms. The first-order chi connectivity index (χ1) is 15.1. The van der Waals surface area contributed by atoms with Crippen molar-refractivity contribution in [3.63, 3.8) is 0 Å². The first-order valence-corrected chi connectivity index (χ1v) is 10.4. The van der Waals surface area contributed by atoms with Gasteiger partial charge in [0.2, 0.25) is 5.91 Å². The molecule has 0 radical (unpaired) electrons.